The summed E-state index contributed by atoms with van der Waals surface area (Å²) in [5, 5.41) is 30.3. The van der Waals surface area contributed by atoms with E-state index in [1.54, 1.807) is 24.3 Å². The Labute approximate surface area is 115 Å². The van der Waals surface area contributed by atoms with Crippen LogP contribution in [0, 0.1) is 4.91 Å². The monoisotopic (exact) mass is 274 g/mol. The van der Waals surface area contributed by atoms with Crippen LogP contribution in [0.4, 0.5) is 0 Å². The first kappa shape index (κ1) is 15.3. The van der Waals surface area contributed by atoms with E-state index in [-0.39, 0.29) is 5.71 Å². The average molecular weight is 274 g/mol. The van der Waals surface area contributed by atoms with E-state index < -0.39 is 6.10 Å². The van der Waals surface area contributed by atoms with Crippen molar-refractivity contribution in [1.29, 1.82) is 0 Å². The molecule has 0 saturated carbocycles. The third-order valence-electron chi connectivity index (χ3n) is 2.55. The van der Waals surface area contributed by atoms with Crippen LogP contribution in [-0.4, -0.2) is 21.2 Å². The van der Waals surface area contributed by atoms with Crippen LogP contribution in [0.15, 0.2) is 71.2 Å². The van der Waals surface area contributed by atoms with Crippen LogP contribution in [0.25, 0.3) is 0 Å². The smallest absolute Gasteiger partial charge is 0.152 e. The summed E-state index contributed by atoms with van der Waals surface area (Å²) in [6, 6.07) is 18.2. The minimum atomic E-state index is -0.927. The number of aliphatic hydroxyl groups excluding tert-OH is 1. The van der Waals surface area contributed by atoms with E-state index in [1.165, 1.54) is 5.34 Å². The standard InChI is InChI=1S/C14H13NO2.HNO2/c16-14(12-9-5-2-6-10-12)13(15-17)11-7-3-1-4-8-11;2-1-3/h1-10,14,16-17H;(H,2,3)/b15-13+;. The van der Waals surface area contributed by atoms with Gasteiger partial charge in [0.25, 0.3) is 0 Å². The van der Waals surface area contributed by atoms with Gasteiger partial charge < -0.3 is 15.5 Å². The molecule has 0 amide bonds. The lowest BCUT2D eigenvalue weighted by Crippen LogP contribution is -2.13. The van der Waals surface area contributed by atoms with E-state index in [0.29, 0.717) is 11.1 Å². The number of benzene rings is 2. The maximum atomic E-state index is 10.1. The largest absolute Gasteiger partial charge is 0.411 e. The minimum absolute atomic E-state index is 0.247. The Morgan fingerprint density at radius 2 is 1.35 bits per heavy atom. The second kappa shape index (κ2) is 8.39. The molecular formula is C14H14N2O4. The Morgan fingerprint density at radius 1 is 0.900 bits per heavy atom. The molecule has 0 aliphatic rings. The maximum absolute atomic E-state index is 10.1. The number of hydrogen-bond donors (Lipinski definition) is 3. The zero-order chi connectivity index (χ0) is 14.8. The van der Waals surface area contributed by atoms with Crippen LogP contribution in [0.5, 0.6) is 0 Å². The Morgan fingerprint density at radius 3 is 1.80 bits per heavy atom. The molecule has 20 heavy (non-hydrogen) atoms. The highest BCUT2D eigenvalue weighted by Crippen LogP contribution is 2.18. The van der Waals surface area contributed by atoms with Crippen molar-refractivity contribution in [3.63, 3.8) is 0 Å². The molecule has 0 aliphatic heterocycles. The summed E-state index contributed by atoms with van der Waals surface area (Å²) in [4.78, 5) is 8.11. The third kappa shape index (κ3) is 4.18. The lowest BCUT2D eigenvalue weighted by molar-refractivity contribution is 0.235. The lowest BCUT2D eigenvalue weighted by atomic mass is 9.99. The molecule has 3 N–H and O–H groups in total. The van der Waals surface area contributed by atoms with Crippen LogP contribution in [0.3, 0.4) is 0 Å². The molecule has 0 spiro atoms. The topological polar surface area (TPSA) is 102 Å². The molecule has 0 fully saturated rings. The van der Waals surface area contributed by atoms with Gasteiger partial charge in [-0.2, -0.15) is 0 Å². The van der Waals surface area contributed by atoms with Crippen molar-refractivity contribution in [3.05, 3.63) is 76.7 Å². The summed E-state index contributed by atoms with van der Waals surface area (Å²) in [6.07, 6.45) is -0.927. The Bertz CT molecular complexity index is 544. The van der Waals surface area contributed by atoms with Crippen LogP contribution in [0.2, 0.25) is 0 Å². The highest BCUT2D eigenvalue weighted by atomic mass is 16.6. The number of rotatable bonds is 3. The molecule has 6 nitrogen and oxygen atoms in total. The molecule has 2 aromatic carbocycles. The van der Waals surface area contributed by atoms with Crippen LogP contribution >= 0.6 is 0 Å². The molecule has 1 atom stereocenters. The van der Waals surface area contributed by atoms with Gasteiger partial charge in [0.15, 0.2) is 5.34 Å². The molecule has 0 saturated heterocycles. The molecule has 1 unspecified atom stereocenters. The second-order valence-corrected chi connectivity index (χ2v) is 3.75. The van der Waals surface area contributed by atoms with Crippen LogP contribution in [-0.2, 0) is 0 Å². The van der Waals surface area contributed by atoms with Crippen LogP contribution in [0.1, 0.15) is 17.2 Å². The third-order valence-corrected chi connectivity index (χ3v) is 2.55. The Kier molecular flexibility index (Phi) is 6.43. The van der Waals surface area contributed by atoms with Gasteiger partial charge >= 0.3 is 0 Å². The zero-order valence-corrected chi connectivity index (χ0v) is 10.5. The number of oxime groups is 1. The molecule has 2 rings (SSSR count). The summed E-state index contributed by atoms with van der Waals surface area (Å²) >= 11 is 0. The fourth-order valence-electron chi connectivity index (χ4n) is 1.67. The summed E-state index contributed by atoms with van der Waals surface area (Å²) in [6.45, 7) is 0. The van der Waals surface area contributed by atoms with E-state index in [2.05, 4.69) is 5.16 Å². The first-order chi connectivity index (χ1) is 9.74. The van der Waals surface area contributed by atoms with Crippen molar-refractivity contribution in [1.82, 2.24) is 0 Å². The first-order valence-corrected chi connectivity index (χ1v) is 5.71. The van der Waals surface area contributed by atoms with Gasteiger partial charge in [0.2, 0.25) is 0 Å². The highest BCUT2D eigenvalue weighted by molar-refractivity contribution is 6.03. The average Bonchev–Trinajstić information content (AvgIpc) is 2.51. The number of aliphatic hydroxyl groups is 1. The zero-order valence-electron chi connectivity index (χ0n) is 10.5. The molecule has 0 bridgehead atoms. The summed E-state index contributed by atoms with van der Waals surface area (Å²) in [5.41, 5.74) is 1.65. The van der Waals surface area contributed by atoms with E-state index in [9.17, 15) is 5.11 Å². The maximum Gasteiger partial charge on any atom is 0.152 e. The highest BCUT2D eigenvalue weighted by Gasteiger charge is 2.17. The predicted molar refractivity (Wildman–Crippen MR) is 73.7 cm³/mol. The summed E-state index contributed by atoms with van der Waals surface area (Å²) < 4.78 is 0. The van der Waals surface area contributed by atoms with Gasteiger partial charge in [-0.1, -0.05) is 65.8 Å². The van der Waals surface area contributed by atoms with Gasteiger partial charge in [0, 0.05) is 5.56 Å². The van der Waals surface area contributed by atoms with Gasteiger partial charge in [-0.3, -0.25) is 0 Å². The first-order valence-electron chi connectivity index (χ1n) is 5.71. The van der Waals surface area contributed by atoms with Crippen molar-refractivity contribution < 1.29 is 15.5 Å². The fourth-order valence-corrected chi connectivity index (χ4v) is 1.67. The van der Waals surface area contributed by atoms with E-state index in [1.807, 2.05) is 36.4 Å². The summed E-state index contributed by atoms with van der Waals surface area (Å²) in [7, 11) is 0. The molecule has 0 aliphatic carbocycles. The van der Waals surface area contributed by atoms with Gasteiger partial charge in [0.05, 0.1) is 0 Å². The van der Waals surface area contributed by atoms with Crippen molar-refractivity contribution in [3.8, 4) is 0 Å². The molecule has 6 heteroatoms. The van der Waals surface area contributed by atoms with Gasteiger partial charge in [0.1, 0.15) is 11.8 Å². The van der Waals surface area contributed by atoms with Gasteiger partial charge in [-0.15, -0.1) is 4.91 Å². The molecule has 0 radical (unpaired) electrons. The van der Waals surface area contributed by atoms with Gasteiger partial charge in [-0.25, -0.2) is 0 Å². The quantitative estimate of drug-likeness (QED) is 0.346. The molecule has 0 aromatic heterocycles. The van der Waals surface area contributed by atoms with Crippen LogP contribution < -0.4 is 0 Å². The van der Waals surface area contributed by atoms with Crippen molar-refractivity contribution in [2.75, 3.05) is 0 Å². The molecule has 104 valence electrons. The lowest BCUT2D eigenvalue weighted by Gasteiger charge is -2.12. The van der Waals surface area contributed by atoms with Gasteiger partial charge in [-0.05, 0) is 5.56 Å². The molecule has 2 aromatic rings. The van der Waals surface area contributed by atoms with Crippen molar-refractivity contribution in [2.24, 2.45) is 10.5 Å². The van der Waals surface area contributed by atoms with Crippen molar-refractivity contribution >= 4 is 5.71 Å². The van der Waals surface area contributed by atoms with E-state index in [4.69, 9.17) is 15.3 Å². The summed E-state index contributed by atoms with van der Waals surface area (Å²) in [5.74, 6) is 0. The number of hydrogen-bond acceptors (Lipinski definition) is 5. The predicted octanol–water partition coefficient (Wildman–Crippen LogP) is 2.74. The minimum Gasteiger partial charge on any atom is -0.411 e. The fraction of sp³-hybridized carbons (Fsp3) is 0.0714. The molecular weight excluding hydrogens is 260 g/mol. The number of nitrogens with zero attached hydrogens (tertiary/aromatic N) is 2. The SMILES string of the molecule is O/N=C(\c1ccccc1)C(O)c1ccccc1.O=NO. The Balaban J connectivity index is 0.000000612. The van der Waals surface area contributed by atoms with E-state index in [0.717, 1.165) is 0 Å². The Hall–Kier alpha value is -2.73. The normalized spacial score (nSPS) is 11.9. The second-order valence-electron chi connectivity index (χ2n) is 3.75. The van der Waals surface area contributed by atoms with E-state index >= 15 is 0 Å². The van der Waals surface area contributed by atoms with Crippen molar-refractivity contribution in [2.45, 2.75) is 6.10 Å². The molecule has 0 heterocycles.